The Morgan fingerprint density at radius 1 is 1.32 bits per heavy atom. The number of aromatic nitrogens is 4. The summed E-state index contributed by atoms with van der Waals surface area (Å²) in [5, 5.41) is 11.2. The maximum atomic E-state index is 12.3. The van der Waals surface area contributed by atoms with E-state index in [-0.39, 0.29) is 5.91 Å². The van der Waals surface area contributed by atoms with Gasteiger partial charge in [-0.25, -0.2) is 4.68 Å². The minimum atomic E-state index is -0.0360. The van der Waals surface area contributed by atoms with E-state index >= 15 is 0 Å². The van der Waals surface area contributed by atoms with E-state index in [1.807, 2.05) is 32.0 Å². The molecule has 0 aliphatic carbocycles. The fraction of sp³-hybridized carbons (Fsp3) is 0.385. The molecule has 0 aliphatic rings. The second-order valence-corrected chi connectivity index (χ2v) is 4.68. The molecule has 1 heterocycles. The highest BCUT2D eigenvalue weighted by atomic mass is 16.2. The molecule has 0 fully saturated rings. The molecule has 0 radical (unpaired) electrons. The van der Waals surface area contributed by atoms with E-state index in [9.17, 15) is 4.79 Å². The van der Waals surface area contributed by atoms with Crippen molar-refractivity contribution in [1.29, 1.82) is 0 Å². The highest BCUT2D eigenvalue weighted by molar-refractivity contribution is 5.94. The summed E-state index contributed by atoms with van der Waals surface area (Å²) in [6, 6.07) is 5.71. The molecule has 6 nitrogen and oxygen atoms in total. The highest BCUT2D eigenvalue weighted by Crippen LogP contribution is 2.12. The molecule has 0 N–H and O–H groups in total. The lowest BCUT2D eigenvalue weighted by molar-refractivity contribution is 0.0780. The van der Waals surface area contributed by atoms with E-state index in [2.05, 4.69) is 15.5 Å². The van der Waals surface area contributed by atoms with Gasteiger partial charge in [0.15, 0.2) is 5.82 Å². The van der Waals surface area contributed by atoms with E-state index < -0.39 is 0 Å². The standard InChI is InChI=1S/C13H17N5O/c1-9-5-6-11(7-10(9)2)13(19)17(3)8-12-14-15-16-18(12)4/h5-7H,8H2,1-4H3. The van der Waals surface area contributed by atoms with Crippen LogP contribution < -0.4 is 0 Å². The molecular formula is C13H17N5O. The molecule has 0 bridgehead atoms. The Bertz CT molecular complexity index is 605. The minimum absolute atomic E-state index is 0.0360. The van der Waals surface area contributed by atoms with Crippen LogP contribution in [0.25, 0.3) is 0 Å². The number of hydrogen-bond donors (Lipinski definition) is 0. The number of nitrogens with zero attached hydrogens (tertiary/aromatic N) is 5. The van der Waals surface area contributed by atoms with Gasteiger partial charge in [0.2, 0.25) is 0 Å². The van der Waals surface area contributed by atoms with Crippen LogP contribution in [0.15, 0.2) is 18.2 Å². The van der Waals surface area contributed by atoms with E-state index in [0.29, 0.717) is 17.9 Å². The van der Waals surface area contributed by atoms with Crippen molar-refractivity contribution in [3.8, 4) is 0 Å². The summed E-state index contributed by atoms with van der Waals surface area (Å²) < 4.78 is 1.56. The van der Waals surface area contributed by atoms with Crippen LogP contribution in [0.1, 0.15) is 27.3 Å². The van der Waals surface area contributed by atoms with Crippen LogP contribution in [0, 0.1) is 13.8 Å². The molecule has 2 aromatic rings. The third-order valence-corrected chi connectivity index (χ3v) is 3.19. The first-order chi connectivity index (χ1) is 8.99. The van der Waals surface area contributed by atoms with Crippen molar-refractivity contribution in [2.24, 2.45) is 7.05 Å². The molecule has 1 aromatic carbocycles. The zero-order chi connectivity index (χ0) is 14.0. The summed E-state index contributed by atoms with van der Waals surface area (Å²) in [7, 11) is 3.50. The summed E-state index contributed by atoms with van der Waals surface area (Å²) in [6.45, 7) is 4.41. The molecule has 2 rings (SSSR count). The summed E-state index contributed by atoms with van der Waals surface area (Å²) in [5.41, 5.74) is 2.97. The van der Waals surface area contributed by atoms with Crippen molar-refractivity contribution in [2.45, 2.75) is 20.4 Å². The zero-order valence-corrected chi connectivity index (χ0v) is 11.6. The molecule has 100 valence electrons. The number of carbonyl (C=O) groups excluding carboxylic acids is 1. The number of carbonyl (C=O) groups is 1. The number of aryl methyl sites for hydroxylation is 3. The quantitative estimate of drug-likeness (QED) is 0.828. The Morgan fingerprint density at radius 2 is 2.05 bits per heavy atom. The van der Waals surface area contributed by atoms with Crippen LogP contribution in [0.3, 0.4) is 0 Å². The van der Waals surface area contributed by atoms with Gasteiger partial charge in [-0.15, -0.1) is 5.10 Å². The summed E-state index contributed by atoms with van der Waals surface area (Å²) in [6.07, 6.45) is 0. The normalized spacial score (nSPS) is 10.5. The van der Waals surface area contributed by atoms with Crippen molar-refractivity contribution in [2.75, 3.05) is 7.05 Å². The molecule has 0 saturated carbocycles. The maximum Gasteiger partial charge on any atom is 0.254 e. The second kappa shape index (κ2) is 5.17. The fourth-order valence-electron chi connectivity index (χ4n) is 1.76. The molecule has 0 atom stereocenters. The van der Waals surface area contributed by atoms with Crippen LogP contribution in [-0.4, -0.2) is 38.1 Å². The smallest absolute Gasteiger partial charge is 0.254 e. The van der Waals surface area contributed by atoms with Crippen LogP contribution in [0.5, 0.6) is 0 Å². The highest BCUT2D eigenvalue weighted by Gasteiger charge is 2.15. The lowest BCUT2D eigenvalue weighted by atomic mass is 10.1. The molecule has 0 saturated heterocycles. The Labute approximate surface area is 112 Å². The maximum absolute atomic E-state index is 12.3. The third kappa shape index (κ3) is 2.78. The molecule has 1 aromatic heterocycles. The van der Waals surface area contributed by atoms with Gasteiger partial charge in [0.05, 0.1) is 6.54 Å². The largest absolute Gasteiger partial charge is 0.334 e. The first-order valence-corrected chi connectivity index (χ1v) is 6.03. The SMILES string of the molecule is Cc1ccc(C(=O)N(C)Cc2nnnn2C)cc1C. The lowest BCUT2D eigenvalue weighted by Gasteiger charge is -2.16. The van der Waals surface area contributed by atoms with Gasteiger partial charge >= 0.3 is 0 Å². The van der Waals surface area contributed by atoms with Crippen LogP contribution in [-0.2, 0) is 13.6 Å². The van der Waals surface area contributed by atoms with Crippen molar-refractivity contribution >= 4 is 5.91 Å². The summed E-state index contributed by atoms with van der Waals surface area (Å²) in [5.74, 6) is 0.616. The van der Waals surface area contributed by atoms with Gasteiger partial charge in [-0.2, -0.15) is 0 Å². The molecule has 0 unspecified atom stereocenters. The van der Waals surface area contributed by atoms with Gasteiger partial charge in [-0.1, -0.05) is 6.07 Å². The van der Waals surface area contributed by atoms with Gasteiger partial charge in [-0.3, -0.25) is 4.79 Å². The topological polar surface area (TPSA) is 63.9 Å². The molecule has 19 heavy (non-hydrogen) atoms. The van der Waals surface area contributed by atoms with Gasteiger partial charge in [0.1, 0.15) is 0 Å². The fourth-order valence-corrected chi connectivity index (χ4v) is 1.76. The average Bonchev–Trinajstić information content (AvgIpc) is 2.77. The zero-order valence-electron chi connectivity index (χ0n) is 11.6. The molecule has 1 amide bonds. The number of tetrazole rings is 1. The van der Waals surface area contributed by atoms with Gasteiger partial charge in [-0.05, 0) is 47.5 Å². The molecule has 0 aliphatic heterocycles. The molecular weight excluding hydrogens is 242 g/mol. The first kappa shape index (κ1) is 13.2. The number of hydrogen-bond acceptors (Lipinski definition) is 4. The lowest BCUT2D eigenvalue weighted by Crippen LogP contribution is -2.27. The number of amides is 1. The van der Waals surface area contributed by atoms with E-state index in [1.54, 1.807) is 23.7 Å². The Balaban J connectivity index is 2.15. The van der Waals surface area contributed by atoms with Gasteiger partial charge in [0, 0.05) is 19.7 Å². The van der Waals surface area contributed by atoms with Crippen LogP contribution in [0.4, 0.5) is 0 Å². The van der Waals surface area contributed by atoms with Crippen molar-refractivity contribution < 1.29 is 4.79 Å². The predicted octanol–water partition coefficient (Wildman–Crippen LogP) is 1.10. The minimum Gasteiger partial charge on any atom is -0.334 e. The average molecular weight is 259 g/mol. The van der Waals surface area contributed by atoms with Crippen molar-refractivity contribution in [3.63, 3.8) is 0 Å². The van der Waals surface area contributed by atoms with Crippen LogP contribution in [0.2, 0.25) is 0 Å². The molecule has 6 heteroatoms. The van der Waals surface area contributed by atoms with E-state index in [4.69, 9.17) is 0 Å². The summed E-state index contributed by atoms with van der Waals surface area (Å²) >= 11 is 0. The van der Waals surface area contributed by atoms with Gasteiger partial charge in [0.25, 0.3) is 5.91 Å². The van der Waals surface area contributed by atoms with E-state index in [0.717, 1.165) is 5.56 Å². The van der Waals surface area contributed by atoms with Crippen molar-refractivity contribution in [3.05, 3.63) is 40.7 Å². The van der Waals surface area contributed by atoms with Crippen molar-refractivity contribution in [1.82, 2.24) is 25.1 Å². The Morgan fingerprint density at radius 3 is 2.63 bits per heavy atom. The van der Waals surface area contributed by atoms with E-state index in [1.165, 1.54) is 5.56 Å². The monoisotopic (exact) mass is 259 g/mol. The molecule has 0 spiro atoms. The summed E-state index contributed by atoms with van der Waals surface area (Å²) in [4.78, 5) is 13.9. The van der Waals surface area contributed by atoms with Crippen LogP contribution >= 0.6 is 0 Å². The van der Waals surface area contributed by atoms with Gasteiger partial charge < -0.3 is 4.90 Å². The Hall–Kier alpha value is -2.24. The third-order valence-electron chi connectivity index (χ3n) is 3.19. The second-order valence-electron chi connectivity index (χ2n) is 4.68. The first-order valence-electron chi connectivity index (χ1n) is 6.03. The number of benzene rings is 1. The predicted molar refractivity (Wildman–Crippen MR) is 70.5 cm³/mol. The number of rotatable bonds is 3. The Kier molecular flexibility index (Phi) is 3.59.